The van der Waals surface area contributed by atoms with Crippen molar-refractivity contribution in [3.05, 3.63) is 65.7 Å². The molecule has 2 rings (SSSR count). The normalized spacial score (nSPS) is 11.0. The van der Waals surface area contributed by atoms with Gasteiger partial charge in [-0.1, -0.05) is 101 Å². The van der Waals surface area contributed by atoms with Crippen molar-refractivity contribution in [2.45, 2.75) is 90.6 Å². The van der Waals surface area contributed by atoms with E-state index in [1.165, 1.54) is 57.8 Å². The first kappa shape index (κ1) is 25.6. The number of carbonyl (C=O) groups excluding carboxylic acids is 1. The van der Waals surface area contributed by atoms with Crippen molar-refractivity contribution in [3.8, 4) is 5.75 Å². The summed E-state index contributed by atoms with van der Waals surface area (Å²) < 4.78 is 5.78. The quantitative estimate of drug-likeness (QED) is 0.159. The van der Waals surface area contributed by atoms with Gasteiger partial charge in [0.2, 0.25) is 5.91 Å². The Morgan fingerprint density at radius 3 is 2.03 bits per heavy atom. The molecule has 2 aromatic rings. The van der Waals surface area contributed by atoms with Gasteiger partial charge >= 0.3 is 0 Å². The first-order valence-electron chi connectivity index (χ1n) is 12.4. The van der Waals surface area contributed by atoms with Crippen LogP contribution in [0.4, 0.5) is 0 Å². The Labute approximate surface area is 194 Å². The average Bonchev–Trinajstić information content (AvgIpc) is 2.83. The SMILES string of the molecule is CCCCCCCCCCCCCC(=O)N/N=C\c1ccc(OCc2ccccc2)cc1. The van der Waals surface area contributed by atoms with Crippen LogP contribution in [0.5, 0.6) is 5.75 Å². The molecule has 0 spiro atoms. The molecule has 0 aromatic heterocycles. The van der Waals surface area contributed by atoms with Gasteiger partial charge in [0.05, 0.1) is 6.21 Å². The largest absolute Gasteiger partial charge is 0.489 e. The van der Waals surface area contributed by atoms with E-state index in [0.717, 1.165) is 29.7 Å². The number of unbranched alkanes of at least 4 members (excludes halogenated alkanes) is 10. The highest BCUT2D eigenvalue weighted by Crippen LogP contribution is 2.14. The van der Waals surface area contributed by atoms with E-state index in [2.05, 4.69) is 17.5 Å². The average molecular weight is 437 g/mol. The van der Waals surface area contributed by atoms with Gasteiger partial charge in [-0.25, -0.2) is 5.43 Å². The van der Waals surface area contributed by atoms with Crippen molar-refractivity contribution in [1.29, 1.82) is 0 Å². The Balaban J connectivity index is 1.49. The summed E-state index contributed by atoms with van der Waals surface area (Å²) in [6.45, 7) is 2.80. The number of hydrogen-bond donors (Lipinski definition) is 1. The van der Waals surface area contributed by atoms with E-state index in [9.17, 15) is 4.79 Å². The van der Waals surface area contributed by atoms with Crippen LogP contribution in [0.2, 0.25) is 0 Å². The molecule has 0 saturated heterocycles. The van der Waals surface area contributed by atoms with Gasteiger partial charge in [-0.15, -0.1) is 0 Å². The molecule has 4 heteroatoms. The van der Waals surface area contributed by atoms with Gasteiger partial charge in [-0.3, -0.25) is 4.79 Å². The molecule has 0 aliphatic heterocycles. The van der Waals surface area contributed by atoms with Crippen molar-refractivity contribution >= 4 is 12.1 Å². The summed E-state index contributed by atoms with van der Waals surface area (Å²) in [7, 11) is 0. The van der Waals surface area contributed by atoms with Crippen LogP contribution >= 0.6 is 0 Å². The zero-order valence-electron chi connectivity index (χ0n) is 19.7. The van der Waals surface area contributed by atoms with Gasteiger partial charge in [-0.05, 0) is 41.8 Å². The fraction of sp³-hybridized carbons (Fsp3) is 0.500. The molecule has 0 saturated carbocycles. The molecule has 0 heterocycles. The predicted octanol–water partition coefficient (Wildman–Crippen LogP) is 7.42. The van der Waals surface area contributed by atoms with E-state index in [1.807, 2.05) is 54.6 Å². The minimum absolute atomic E-state index is 0.0139. The predicted molar refractivity (Wildman–Crippen MR) is 134 cm³/mol. The maximum Gasteiger partial charge on any atom is 0.240 e. The topological polar surface area (TPSA) is 50.7 Å². The van der Waals surface area contributed by atoms with E-state index in [1.54, 1.807) is 6.21 Å². The van der Waals surface area contributed by atoms with Crippen LogP contribution < -0.4 is 10.2 Å². The van der Waals surface area contributed by atoms with Crippen LogP contribution in [-0.2, 0) is 11.4 Å². The highest BCUT2D eigenvalue weighted by Gasteiger charge is 2.00. The van der Waals surface area contributed by atoms with Crippen molar-refractivity contribution in [2.75, 3.05) is 0 Å². The Bertz CT molecular complexity index is 757. The van der Waals surface area contributed by atoms with Crippen LogP contribution in [-0.4, -0.2) is 12.1 Å². The van der Waals surface area contributed by atoms with Gasteiger partial charge in [0.1, 0.15) is 12.4 Å². The second-order valence-corrected chi connectivity index (χ2v) is 8.42. The van der Waals surface area contributed by atoms with Crippen molar-refractivity contribution < 1.29 is 9.53 Å². The minimum Gasteiger partial charge on any atom is -0.489 e. The molecule has 1 amide bonds. The summed E-state index contributed by atoms with van der Waals surface area (Å²) in [4.78, 5) is 11.9. The number of ether oxygens (including phenoxy) is 1. The van der Waals surface area contributed by atoms with Crippen LogP contribution in [0.25, 0.3) is 0 Å². The van der Waals surface area contributed by atoms with Gasteiger partial charge in [0.25, 0.3) is 0 Å². The standard InChI is InChI=1S/C28H40N2O2/c1-2-3-4-5-6-7-8-9-10-11-15-18-28(31)30-29-23-25-19-21-27(22-20-25)32-24-26-16-13-12-14-17-26/h12-14,16-17,19-23H,2-11,15,18,24H2,1H3,(H,30,31)/b29-23-. The molecule has 0 atom stereocenters. The van der Waals surface area contributed by atoms with E-state index >= 15 is 0 Å². The van der Waals surface area contributed by atoms with E-state index in [0.29, 0.717) is 13.0 Å². The summed E-state index contributed by atoms with van der Waals surface area (Å²) in [6, 6.07) is 17.8. The number of hydrogen-bond acceptors (Lipinski definition) is 3. The van der Waals surface area contributed by atoms with E-state index in [4.69, 9.17) is 4.74 Å². The molecule has 0 bridgehead atoms. The van der Waals surface area contributed by atoms with E-state index < -0.39 is 0 Å². The number of hydrazone groups is 1. The second-order valence-electron chi connectivity index (χ2n) is 8.42. The second kappa shape index (κ2) is 17.0. The molecule has 0 aliphatic carbocycles. The maximum absolute atomic E-state index is 11.9. The summed E-state index contributed by atoms with van der Waals surface area (Å²) >= 11 is 0. The molecular formula is C28H40N2O2. The molecule has 1 N–H and O–H groups in total. The Hall–Kier alpha value is -2.62. The summed E-state index contributed by atoms with van der Waals surface area (Å²) in [5.74, 6) is 0.798. The molecular weight excluding hydrogens is 396 g/mol. The van der Waals surface area contributed by atoms with Gasteiger partial charge in [-0.2, -0.15) is 5.10 Å². The highest BCUT2D eigenvalue weighted by molar-refractivity contribution is 5.82. The fourth-order valence-electron chi connectivity index (χ4n) is 3.58. The first-order valence-corrected chi connectivity index (χ1v) is 12.4. The summed E-state index contributed by atoms with van der Waals surface area (Å²) in [6.07, 6.45) is 16.3. The third-order valence-corrected chi connectivity index (χ3v) is 5.54. The number of nitrogens with one attached hydrogen (secondary N) is 1. The molecule has 0 aliphatic rings. The van der Waals surface area contributed by atoms with Crippen LogP contribution in [0.3, 0.4) is 0 Å². The highest BCUT2D eigenvalue weighted by atomic mass is 16.5. The molecule has 0 radical (unpaired) electrons. The number of nitrogens with zero attached hydrogens (tertiary/aromatic N) is 1. The van der Waals surface area contributed by atoms with Crippen LogP contribution in [0, 0.1) is 0 Å². The minimum atomic E-state index is -0.0139. The monoisotopic (exact) mass is 436 g/mol. The van der Waals surface area contributed by atoms with Gasteiger partial charge in [0.15, 0.2) is 0 Å². The molecule has 4 nitrogen and oxygen atoms in total. The van der Waals surface area contributed by atoms with E-state index in [-0.39, 0.29) is 5.91 Å². The van der Waals surface area contributed by atoms with Crippen molar-refractivity contribution in [2.24, 2.45) is 5.10 Å². The lowest BCUT2D eigenvalue weighted by atomic mass is 10.1. The zero-order valence-corrected chi connectivity index (χ0v) is 19.7. The van der Waals surface area contributed by atoms with Gasteiger partial charge < -0.3 is 4.74 Å². The lowest BCUT2D eigenvalue weighted by molar-refractivity contribution is -0.121. The molecule has 174 valence electrons. The number of rotatable bonds is 17. The number of amides is 1. The summed E-state index contributed by atoms with van der Waals surface area (Å²) in [5, 5.41) is 4.07. The van der Waals surface area contributed by atoms with Crippen molar-refractivity contribution in [3.63, 3.8) is 0 Å². The van der Waals surface area contributed by atoms with Crippen LogP contribution in [0.15, 0.2) is 59.7 Å². The van der Waals surface area contributed by atoms with Crippen LogP contribution in [0.1, 0.15) is 95.1 Å². The third-order valence-electron chi connectivity index (χ3n) is 5.54. The third kappa shape index (κ3) is 12.3. The Kier molecular flexibility index (Phi) is 13.6. The first-order chi connectivity index (χ1) is 15.8. The molecule has 2 aromatic carbocycles. The lowest BCUT2D eigenvalue weighted by Gasteiger charge is -2.06. The molecule has 0 fully saturated rings. The lowest BCUT2D eigenvalue weighted by Crippen LogP contribution is -2.16. The number of carbonyl (C=O) groups is 1. The van der Waals surface area contributed by atoms with Crippen molar-refractivity contribution in [1.82, 2.24) is 5.43 Å². The molecule has 32 heavy (non-hydrogen) atoms. The number of benzene rings is 2. The fourth-order valence-corrected chi connectivity index (χ4v) is 3.58. The Morgan fingerprint density at radius 2 is 1.41 bits per heavy atom. The molecule has 0 unspecified atom stereocenters. The van der Waals surface area contributed by atoms with Gasteiger partial charge in [0, 0.05) is 6.42 Å². The smallest absolute Gasteiger partial charge is 0.240 e. The summed E-state index contributed by atoms with van der Waals surface area (Å²) in [5.41, 5.74) is 4.69. The Morgan fingerprint density at radius 1 is 0.812 bits per heavy atom. The zero-order chi connectivity index (χ0) is 22.7. The maximum atomic E-state index is 11.9.